The number of anilines is 1. The summed E-state index contributed by atoms with van der Waals surface area (Å²) in [6.45, 7) is 0. The highest BCUT2D eigenvalue weighted by Crippen LogP contribution is 2.27. The molecule has 1 aliphatic rings. The van der Waals surface area contributed by atoms with Crippen molar-refractivity contribution in [3.8, 4) is 0 Å². The van der Waals surface area contributed by atoms with Gasteiger partial charge in [0.1, 0.15) is 0 Å². The minimum absolute atomic E-state index is 0.841. The zero-order valence-electron chi connectivity index (χ0n) is 10.6. The van der Waals surface area contributed by atoms with Gasteiger partial charge in [0.2, 0.25) is 0 Å². The molecule has 2 rings (SSSR count). The van der Waals surface area contributed by atoms with Crippen molar-refractivity contribution in [2.45, 2.75) is 11.3 Å². The summed E-state index contributed by atoms with van der Waals surface area (Å²) in [5.74, 6) is 0. The van der Waals surface area contributed by atoms with E-state index < -0.39 is 0 Å². The zero-order chi connectivity index (χ0) is 13.0. The summed E-state index contributed by atoms with van der Waals surface area (Å²) < 4.78 is 0. The van der Waals surface area contributed by atoms with E-state index in [1.54, 1.807) is 0 Å². The first-order valence-electron chi connectivity index (χ1n) is 5.87. The molecule has 1 aromatic carbocycles. The van der Waals surface area contributed by atoms with E-state index in [0.29, 0.717) is 0 Å². The molecule has 1 aliphatic carbocycles. The summed E-state index contributed by atoms with van der Waals surface area (Å²) in [4.78, 5) is 5.50. The first-order valence-corrected chi connectivity index (χ1v) is 6.32. The largest absolute Gasteiger partial charge is 0.388 e. The number of hydrogen-bond donors (Lipinski definition) is 3. The Morgan fingerprint density at radius 1 is 1.17 bits per heavy atom. The quantitative estimate of drug-likeness (QED) is 0.729. The Balaban J connectivity index is 2.20. The molecule has 0 aliphatic heterocycles. The average Bonchev–Trinajstić information content (AvgIpc) is 2.42. The molecular weight excluding hydrogens is 242 g/mol. The lowest BCUT2D eigenvalue weighted by atomic mass is 10.1. The fourth-order valence-corrected chi connectivity index (χ4v) is 2.00. The number of thiol groups is 1. The molecule has 4 heteroatoms. The summed E-state index contributed by atoms with van der Waals surface area (Å²) in [5, 5.41) is 6.19. The van der Waals surface area contributed by atoms with Crippen molar-refractivity contribution in [1.29, 1.82) is 0 Å². The monoisotopic (exact) mass is 259 g/mol. The Labute approximate surface area is 113 Å². The van der Waals surface area contributed by atoms with Gasteiger partial charge in [-0.3, -0.25) is 4.99 Å². The van der Waals surface area contributed by atoms with Gasteiger partial charge in [0.05, 0.1) is 5.69 Å². The molecule has 0 radical (unpaired) electrons. The van der Waals surface area contributed by atoms with Crippen molar-refractivity contribution >= 4 is 29.7 Å². The second kappa shape index (κ2) is 5.78. The lowest BCUT2D eigenvalue weighted by molar-refractivity contribution is 1.02. The fraction of sp³-hybridized carbons (Fsp3) is 0.214. The highest BCUT2D eigenvalue weighted by molar-refractivity contribution is 7.80. The Morgan fingerprint density at radius 2 is 2.00 bits per heavy atom. The molecule has 0 fully saturated rings. The van der Waals surface area contributed by atoms with Gasteiger partial charge >= 0.3 is 0 Å². The lowest BCUT2D eigenvalue weighted by Crippen LogP contribution is -2.08. The summed E-state index contributed by atoms with van der Waals surface area (Å²) >= 11 is 4.46. The first-order chi connectivity index (χ1) is 8.72. The van der Waals surface area contributed by atoms with E-state index in [2.05, 4.69) is 34.3 Å². The molecule has 0 atom stereocenters. The maximum atomic E-state index is 4.62. The highest BCUT2D eigenvalue weighted by atomic mass is 32.1. The standard InChI is InChI=1S/C14H17N3S/c1-15-10-3-5-11(6-4-10)17-13-8-7-12(16-2)9-14(13)18/h3-5,7-9,15-16,18H,6H2,1-2H3/b17-11-. The van der Waals surface area contributed by atoms with E-state index in [4.69, 9.17) is 0 Å². The molecule has 3 nitrogen and oxygen atoms in total. The van der Waals surface area contributed by atoms with Crippen LogP contribution in [0.5, 0.6) is 0 Å². The Morgan fingerprint density at radius 3 is 2.56 bits per heavy atom. The van der Waals surface area contributed by atoms with E-state index in [0.717, 1.165) is 34.1 Å². The minimum Gasteiger partial charge on any atom is -0.388 e. The van der Waals surface area contributed by atoms with Crippen LogP contribution in [0, 0.1) is 0 Å². The van der Waals surface area contributed by atoms with E-state index in [-0.39, 0.29) is 0 Å². The third kappa shape index (κ3) is 2.96. The molecular formula is C14H17N3S. The molecule has 0 saturated heterocycles. The van der Waals surface area contributed by atoms with Crippen LogP contribution in [0.2, 0.25) is 0 Å². The van der Waals surface area contributed by atoms with Crippen LogP contribution in [0.25, 0.3) is 0 Å². The molecule has 0 heterocycles. The topological polar surface area (TPSA) is 36.4 Å². The second-order valence-corrected chi connectivity index (χ2v) is 4.49. The lowest BCUT2D eigenvalue weighted by Gasteiger charge is -2.09. The second-order valence-electron chi connectivity index (χ2n) is 4.00. The number of hydrogen-bond acceptors (Lipinski definition) is 4. The van der Waals surface area contributed by atoms with Gasteiger partial charge in [-0.15, -0.1) is 12.6 Å². The SMILES string of the molecule is CNC1=CC/C(=N\c2ccc(NC)cc2S)C=C1. The number of allylic oxidation sites excluding steroid dienone is 3. The van der Waals surface area contributed by atoms with E-state index in [9.17, 15) is 0 Å². The van der Waals surface area contributed by atoms with E-state index >= 15 is 0 Å². The molecule has 0 amide bonds. The van der Waals surface area contributed by atoms with Crippen LogP contribution in [0.3, 0.4) is 0 Å². The summed E-state index contributed by atoms with van der Waals surface area (Å²) in [5.41, 5.74) is 4.12. The summed E-state index contributed by atoms with van der Waals surface area (Å²) in [6.07, 6.45) is 7.03. The van der Waals surface area contributed by atoms with Crippen molar-refractivity contribution in [2.24, 2.45) is 4.99 Å². The maximum absolute atomic E-state index is 4.62. The van der Waals surface area contributed by atoms with Crippen molar-refractivity contribution in [2.75, 3.05) is 19.4 Å². The molecule has 1 aromatic rings. The van der Waals surface area contributed by atoms with Crippen LogP contribution >= 0.6 is 12.6 Å². The van der Waals surface area contributed by atoms with E-state index in [1.807, 2.05) is 44.4 Å². The van der Waals surface area contributed by atoms with Gasteiger partial charge in [0, 0.05) is 42.5 Å². The third-order valence-corrected chi connectivity index (χ3v) is 3.16. The molecule has 2 N–H and O–H groups in total. The molecule has 0 spiro atoms. The van der Waals surface area contributed by atoms with Crippen LogP contribution in [-0.2, 0) is 0 Å². The van der Waals surface area contributed by atoms with Crippen LogP contribution in [-0.4, -0.2) is 19.8 Å². The summed E-state index contributed by atoms with van der Waals surface area (Å²) in [7, 11) is 3.81. The molecule has 0 saturated carbocycles. The highest BCUT2D eigenvalue weighted by Gasteiger charge is 2.03. The molecule has 0 bridgehead atoms. The average molecular weight is 259 g/mol. The Hall–Kier alpha value is -1.68. The van der Waals surface area contributed by atoms with Gasteiger partial charge in [-0.25, -0.2) is 0 Å². The van der Waals surface area contributed by atoms with Crippen molar-refractivity contribution in [3.05, 3.63) is 42.1 Å². The summed E-state index contributed by atoms with van der Waals surface area (Å²) in [6, 6.07) is 5.96. The molecule has 0 unspecified atom stereocenters. The van der Waals surface area contributed by atoms with Crippen LogP contribution in [0.1, 0.15) is 6.42 Å². The van der Waals surface area contributed by atoms with Gasteiger partial charge < -0.3 is 10.6 Å². The Kier molecular flexibility index (Phi) is 4.10. The number of rotatable bonds is 3. The van der Waals surface area contributed by atoms with Crippen molar-refractivity contribution < 1.29 is 0 Å². The normalized spacial score (nSPS) is 16.6. The molecule has 18 heavy (non-hydrogen) atoms. The predicted octanol–water partition coefficient (Wildman–Crippen LogP) is 3.15. The van der Waals surface area contributed by atoms with E-state index in [1.165, 1.54) is 0 Å². The smallest absolute Gasteiger partial charge is 0.0767 e. The Bertz CT molecular complexity index is 530. The number of nitrogens with one attached hydrogen (secondary N) is 2. The minimum atomic E-state index is 0.841. The van der Waals surface area contributed by atoms with Crippen LogP contribution in [0.15, 0.2) is 52.0 Å². The first kappa shape index (κ1) is 12.8. The van der Waals surface area contributed by atoms with Gasteiger partial charge in [-0.1, -0.05) is 6.08 Å². The number of aliphatic imine (C=N–C) groups is 1. The van der Waals surface area contributed by atoms with Crippen molar-refractivity contribution in [1.82, 2.24) is 5.32 Å². The number of benzene rings is 1. The van der Waals surface area contributed by atoms with Crippen LogP contribution in [0.4, 0.5) is 11.4 Å². The number of likely N-dealkylation sites (N-methyl/N-ethyl adjacent to an activating group) is 1. The fourth-order valence-electron chi connectivity index (χ4n) is 1.73. The molecule has 94 valence electrons. The predicted molar refractivity (Wildman–Crippen MR) is 81.2 cm³/mol. The molecule has 0 aromatic heterocycles. The van der Waals surface area contributed by atoms with Gasteiger partial charge in [-0.2, -0.15) is 0 Å². The maximum Gasteiger partial charge on any atom is 0.0767 e. The zero-order valence-corrected chi connectivity index (χ0v) is 11.5. The third-order valence-electron chi connectivity index (χ3n) is 2.80. The van der Waals surface area contributed by atoms with Crippen molar-refractivity contribution in [3.63, 3.8) is 0 Å². The van der Waals surface area contributed by atoms with Gasteiger partial charge in [-0.05, 0) is 30.4 Å². The number of nitrogens with zero attached hydrogens (tertiary/aromatic N) is 1. The van der Waals surface area contributed by atoms with Gasteiger partial charge in [0.15, 0.2) is 0 Å². The van der Waals surface area contributed by atoms with Gasteiger partial charge in [0.25, 0.3) is 0 Å². The van der Waals surface area contributed by atoms with Crippen LogP contribution < -0.4 is 10.6 Å².